The highest BCUT2D eigenvalue weighted by molar-refractivity contribution is 6.00. The zero-order valence-electron chi connectivity index (χ0n) is 17.6. The SMILES string of the molecule is CN1C(=N)N[C@@]2(c3cc(Oc4cccc(C#N)c4)ccc3F)CO[C@@H](C3CC3)CC2C1=O. The maximum Gasteiger partial charge on any atom is 0.235 e. The van der Waals surface area contributed by atoms with E-state index in [-0.39, 0.29) is 30.1 Å². The number of nitrogens with one attached hydrogen (secondary N) is 2. The van der Waals surface area contributed by atoms with Crippen molar-refractivity contribution in [3.63, 3.8) is 0 Å². The molecule has 0 bridgehead atoms. The van der Waals surface area contributed by atoms with Gasteiger partial charge in [-0.1, -0.05) is 6.07 Å². The van der Waals surface area contributed by atoms with Crippen LogP contribution in [0.3, 0.4) is 0 Å². The van der Waals surface area contributed by atoms with Gasteiger partial charge < -0.3 is 14.8 Å². The fourth-order valence-corrected chi connectivity index (χ4v) is 4.72. The van der Waals surface area contributed by atoms with E-state index in [2.05, 4.69) is 11.4 Å². The number of rotatable bonds is 4. The molecule has 2 aromatic carbocycles. The number of ether oxygens (including phenoxy) is 2. The standard InChI is InChI=1S/C24H23FN4O3/c1-29-22(30)19-11-21(15-5-6-15)31-13-24(19,28-23(29)27)18-10-17(7-8-20(18)25)32-16-4-2-3-14(9-16)12-26/h2-4,7-10,15,19,21H,5-6,11,13H2,1H3,(H2,27,28)/t19?,21-,24-/m1/s1. The summed E-state index contributed by atoms with van der Waals surface area (Å²) in [4.78, 5) is 14.5. The van der Waals surface area contributed by atoms with Crippen LogP contribution in [0.1, 0.15) is 30.4 Å². The molecule has 2 aliphatic heterocycles. The second-order valence-electron chi connectivity index (χ2n) is 8.70. The normalized spacial score (nSPS) is 27.3. The van der Waals surface area contributed by atoms with E-state index in [1.807, 2.05) is 0 Å². The average molecular weight is 434 g/mol. The first-order chi connectivity index (χ1) is 15.4. The summed E-state index contributed by atoms with van der Waals surface area (Å²) in [6, 6.07) is 13.1. The summed E-state index contributed by atoms with van der Waals surface area (Å²) >= 11 is 0. The molecule has 2 N–H and O–H groups in total. The van der Waals surface area contributed by atoms with Crippen molar-refractivity contribution in [1.82, 2.24) is 10.2 Å². The quantitative estimate of drug-likeness (QED) is 0.768. The van der Waals surface area contributed by atoms with Crippen molar-refractivity contribution < 1.29 is 18.7 Å². The summed E-state index contributed by atoms with van der Waals surface area (Å²) < 4.78 is 27.2. The second kappa shape index (κ2) is 7.61. The Hall–Kier alpha value is -3.44. The van der Waals surface area contributed by atoms with Gasteiger partial charge in [0, 0.05) is 12.6 Å². The van der Waals surface area contributed by atoms with Gasteiger partial charge in [0.1, 0.15) is 22.9 Å². The molecule has 32 heavy (non-hydrogen) atoms. The first kappa shape index (κ1) is 20.5. The van der Waals surface area contributed by atoms with Gasteiger partial charge in [0.25, 0.3) is 0 Å². The maximum absolute atomic E-state index is 15.2. The van der Waals surface area contributed by atoms with Crippen LogP contribution in [0.5, 0.6) is 11.5 Å². The number of carbonyl (C=O) groups excluding carboxylic acids is 1. The predicted molar refractivity (Wildman–Crippen MR) is 114 cm³/mol. The molecule has 0 spiro atoms. The van der Waals surface area contributed by atoms with E-state index in [9.17, 15) is 4.79 Å². The highest BCUT2D eigenvalue weighted by Gasteiger charge is 2.56. The number of guanidine groups is 1. The van der Waals surface area contributed by atoms with Crippen LogP contribution in [-0.4, -0.2) is 36.5 Å². The van der Waals surface area contributed by atoms with Crippen molar-refractivity contribution in [1.29, 1.82) is 10.7 Å². The Bertz CT molecular complexity index is 1140. The van der Waals surface area contributed by atoms with E-state index < -0.39 is 17.3 Å². The fraction of sp³-hybridized carbons (Fsp3) is 0.375. The van der Waals surface area contributed by atoms with Crippen LogP contribution in [0.4, 0.5) is 4.39 Å². The number of nitrogens with zero attached hydrogens (tertiary/aromatic N) is 2. The molecule has 0 radical (unpaired) electrons. The molecule has 0 aromatic heterocycles. The van der Waals surface area contributed by atoms with Crippen molar-refractivity contribution in [3.05, 3.63) is 59.4 Å². The summed E-state index contributed by atoms with van der Waals surface area (Å²) in [6.45, 7) is 0.0884. The zero-order valence-corrected chi connectivity index (χ0v) is 17.6. The number of hydrogen-bond donors (Lipinski definition) is 2. The van der Waals surface area contributed by atoms with Gasteiger partial charge in [0.15, 0.2) is 5.96 Å². The van der Waals surface area contributed by atoms with Crippen LogP contribution < -0.4 is 10.1 Å². The second-order valence-corrected chi connectivity index (χ2v) is 8.70. The number of halogens is 1. The molecule has 2 aromatic rings. The number of hydrogen-bond acceptors (Lipinski definition) is 5. The molecule has 1 saturated carbocycles. The van der Waals surface area contributed by atoms with E-state index in [1.54, 1.807) is 37.4 Å². The lowest BCUT2D eigenvalue weighted by Crippen LogP contribution is -2.69. The monoisotopic (exact) mass is 434 g/mol. The highest BCUT2D eigenvalue weighted by Crippen LogP contribution is 2.48. The molecule has 3 atom stereocenters. The van der Waals surface area contributed by atoms with Crippen LogP contribution in [-0.2, 0) is 15.1 Å². The van der Waals surface area contributed by atoms with E-state index >= 15 is 4.39 Å². The van der Waals surface area contributed by atoms with Gasteiger partial charge in [-0.2, -0.15) is 5.26 Å². The van der Waals surface area contributed by atoms with Crippen LogP contribution in [0.2, 0.25) is 0 Å². The van der Waals surface area contributed by atoms with Gasteiger partial charge in [-0.05, 0) is 61.6 Å². The number of benzene rings is 2. The average Bonchev–Trinajstić information content (AvgIpc) is 3.64. The lowest BCUT2D eigenvalue weighted by atomic mass is 9.71. The number of carbonyl (C=O) groups is 1. The summed E-state index contributed by atoms with van der Waals surface area (Å²) in [7, 11) is 1.56. The molecule has 5 rings (SSSR count). The molecular formula is C24H23FN4O3. The first-order valence-electron chi connectivity index (χ1n) is 10.7. The summed E-state index contributed by atoms with van der Waals surface area (Å²) in [6.07, 6.45) is 2.60. The van der Waals surface area contributed by atoms with Crippen molar-refractivity contribution >= 4 is 11.9 Å². The Morgan fingerprint density at radius 1 is 1.28 bits per heavy atom. The van der Waals surface area contributed by atoms with Gasteiger partial charge in [-0.3, -0.25) is 15.1 Å². The van der Waals surface area contributed by atoms with E-state index in [0.717, 1.165) is 12.8 Å². The minimum absolute atomic E-state index is 0.0317. The molecule has 1 amide bonds. The minimum atomic E-state index is -1.19. The van der Waals surface area contributed by atoms with Gasteiger partial charge >= 0.3 is 0 Å². The van der Waals surface area contributed by atoms with Crippen molar-refractivity contribution in [2.24, 2.45) is 11.8 Å². The fourth-order valence-electron chi connectivity index (χ4n) is 4.72. The zero-order chi connectivity index (χ0) is 22.5. The molecule has 1 unspecified atom stereocenters. The summed E-state index contributed by atoms with van der Waals surface area (Å²) in [5.74, 6) is -0.105. The third-order valence-electron chi connectivity index (χ3n) is 6.66. The van der Waals surface area contributed by atoms with Crippen LogP contribution in [0.25, 0.3) is 0 Å². The van der Waals surface area contributed by atoms with Crippen molar-refractivity contribution in [3.8, 4) is 17.6 Å². The van der Waals surface area contributed by atoms with E-state index in [0.29, 0.717) is 29.4 Å². The Morgan fingerprint density at radius 3 is 2.81 bits per heavy atom. The molecular weight excluding hydrogens is 411 g/mol. The largest absolute Gasteiger partial charge is 0.457 e. The first-order valence-corrected chi connectivity index (χ1v) is 10.7. The topological polar surface area (TPSA) is 98.4 Å². The number of nitriles is 1. The van der Waals surface area contributed by atoms with Gasteiger partial charge in [0.2, 0.25) is 5.91 Å². The van der Waals surface area contributed by atoms with Gasteiger partial charge in [-0.25, -0.2) is 4.39 Å². The molecule has 3 fully saturated rings. The van der Waals surface area contributed by atoms with Crippen LogP contribution in [0, 0.1) is 34.4 Å². The molecule has 7 nitrogen and oxygen atoms in total. The van der Waals surface area contributed by atoms with E-state index in [1.165, 1.54) is 17.0 Å². The number of amides is 1. The van der Waals surface area contributed by atoms with Crippen molar-refractivity contribution in [2.75, 3.05) is 13.7 Å². The Balaban J connectivity index is 1.53. The Kier molecular flexibility index (Phi) is 4.86. The van der Waals surface area contributed by atoms with Crippen LogP contribution in [0.15, 0.2) is 42.5 Å². The third-order valence-corrected chi connectivity index (χ3v) is 6.66. The molecule has 1 aliphatic carbocycles. The van der Waals surface area contributed by atoms with E-state index in [4.69, 9.17) is 20.1 Å². The number of fused-ring (bicyclic) bond motifs is 1. The van der Waals surface area contributed by atoms with Crippen LogP contribution >= 0.6 is 0 Å². The summed E-state index contributed by atoms with van der Waals surface area (Å²) in [5, 5.41) is 20.5. The molecule has 8 heteroatoms. The molecule has 2 saturated heterocycles. The molecule has 2 heterocycles. The predicted octanol–water partition coefficient (Wildman–Crippen LogP) is 3.50. The lowest BCUT2D eigenvalue weighted by Gasteiger charge is -2.51. The van der Waals surface area contributed by atoms with Crippen molar-refractivity contribution in [2.45, 2.75) is 30.9 Å². The van der Waals surface area contributed by atoms with Gasteiger partial charge in [-0.15, -0.1) is 0 Å². The third kappa shape index (κ3) is 3.39. The Labute approximate surface area is 185 Å². The smallest absolute Gasteiger partial charge is 0.235 e. The maximum atomic E-state index is 15.2. The Morgan fingerprint density at radius 2 is 2.06 bits per heavy atom. The highest BCUT2D eigenvalue weighted by atomic mass is 19.1. The molecule has 164 valence electrons. The van der Waals surface area contributed by atoms with Gasteiger partial charge in [0.05, 0.1) is 30.3 Å². The lowest BCUT2D eigenvalue weighted by molar-refractivity contribution is -0.150. The summed E-state index contributed by atoms with van der Waals surface area (Å²) in [5.41, 5.74) is -0.507. The molecule has 3 aliphatic rings. The minimum Gasteiger partial charge on any atom is -0.457 e.